The minimum absolute atomic E-state index is 0.451. The molecule has 0 radical (unpaired) electrons. The van der Waals surface area contributed by atoms with Crippen LogP contribution in [-0.4, -0.2) is 18.1 Å². The van der Waals surface area contributed by atoms with Gasteiger partial charge in [-0.3, -0.25) is 0 Å². The monoisotopic (exact) mass is 308 g/mol. The first-order valence-electron chi connectivity index (χ1n) is 8.45. The maximum absolute atomic E-state index is 6.06. The molecule has 2 nitrogen and oxygen atoms in total. The summed E-state index contributed by atoms with van der Waals surface area (Å²) >= 11 is 6.06. The molecule has 1 aliphatic rings. The van der Waals surface area contributed by atoms with E-state index >= 15 is 0 Å². The topological polar surface area (TPSA) is 16.1 Å². The molecular formula is C18H29ClN2. The third-order valence-corrected chi connectivity index (χ3v) is 4.81. The van der Waals surface area contributed by atoms with Crippen molar-refractivity contribution < 1.29 is 0 Å². The van der Waals surface area contributed by atoms with Gasteiger partial charge in [0.25, 0.3) is 0 Å². The van der Waals surface area contributed by atoms with Crippen LogP contribution in [0.3, 0.4) is 0 Å². The lowest BCUT2D eigenvalue weighted by Gasteiger charge is -2.23. The van der Waals surface area contributed by atoms with Crippen LogP contribution in [0.25, 0.3) is 0 Å². The van der Waals surface area contributed by atoms with Crippen LogP contribution in [0, 0.1) is 5.92 Å². The fraction of sp³-hybridized carbons (Fsp3) is 0.722. The lowest BCUT2D eigenvalue weighted by molar-refractivity contribution is 0.435. The number of aromatic nitrogens is 1. The quantitative estimate of drug-likeness (QED) is 0.682. The lowest BCUT2D eigenvalue weighted by atomic mass is 9.96. The molecule has 0 aromatic carbocycles. The normalized spacial score (nSPS) is 19.9. The van der Waals surface area contributed by atoms with Gasteiger partial charge in [0.05, 0.1) is 0 Å². The van der Waals surface area contributed by atoms with Gasteiger partial charge < -0.3 is 4.90 Å². The van der Waals surface area contributed by atoms with Gasteiger partial charge in [0.1, 0.15) is 5.82 Å². The average molecular weight is 309 g/mol. The van der Waals surface area contributed by atoms with Crippen LogP contribution >= 0.6 is 11.6 Å². The minimum Gasteiger partial charge on any atom is -0.357 e. The van der Waals surface area contributed by atoms with E-state index in [1.165, 1.54) is 37.7 Å². The Kier molecular flexibility index (Phi) is 6.35. The fourth-order valence-corrected chi connectivity index (χ4v) is 3.37. The summed E-state index contributed by atoms with van der Waals surface area (Å²) in [6.45, 7) is 8.97. The molecule has 2 rings (SSSR count). The summed E-state index contributed by atoms with van der Waals surface area (Å²) in [5, 5.41) is 0. The number of pyridine rings is 1. The number of rotatable bonds is 5. The second kappa shape index (κ2) is 8.03. The van der Waals surface area contributed by atoms with E-state index in [1.807, 2.05) is 0 Å². The lowest BCUT2D eigenvalue weighted by Crippen LogP contribution is -2.25. The Bertz CT molecular complexity index is 445. The zero-order valence-electron chi connectivity index (χ0n) is 13.7. The Morgan fingerprint density at radius 1 is 1.29 bits per heavy atom. The summed E-state index contributed by atoms with van der Waals surface area (Å²) in [7, 11) is 0. The van der Waals surface area contributed by atoms with Gasteiger partial charge in [0.2, 0.25) is 0 Å². The third-order valence-electron chi connectivity index (χ3n) is 4.51. The molecule has 1 unspecified atom stereocenters. The molecule has 1 aliphatic heterocycles. The van der Waals surface area contributed by atoms with E-state index in [0.29, 0.717) is 11.8 Å². The Balaban J connectivity index is 2.15. The number of hydrogen-bond donors (Lipinski definition) is 0. The van der Waals surface area contributed by atoms with E-state index in [2.05, 4.69) is 37.8 Å². The maximum Gasteiger partial charge on any atom is 0.129 e. The van der Waals surface area contributed by atoms with Crippen LogP contribution in [0.2, 0.25) is 0 Å². The first-order valence-corrected chi connectivity index (χ1v) is 8.99. The SMILES string of the molecule is CCCC1CCCN(c2cc(CCl)cc(C(C)C)n2)CC1. The number of halogens is 1. The standard InChI is InChI=1S/C18H29ClN2/c1-4-6-15-7-5-9-21(10-8-15)18-12-16(13-19)11-17(20-18)14(2)3/h11-12,14-15H,4-10,13H2,1-3H3. The van der Waals surface area contributed by atoms with Crippen molar-refractivity contribution in [2.24, 2.45) is 5.92 Å². The van der Waals surface area contributed by atoms with Crippen LogP contribution in [0.5, 0.6) is 0 Å². The summed E-state index contributed by atoms with van der Waals surface area (Å²) < 4.78 is 0. The Hall–Kier alpha value is -0.760. The molecular weight excluding hydrogens is 280 g/mol. The van der Waals surface area contributed by atoms with Gasteiger partial charge in [-0.15, -0.1) is 11.6 Å². The van der Waals surface area contributed by atoms with Gasteiger partial charge in [0.15, 0.2) is 0 Å². The van der Waals surface area contributed by atoms with E-state index in [9.17, 15) is 0 Å². The summed E-state index contributed by atoms with van der Waals surface area (Å²) in [5.74, 6) is 3.06. The highest BCUT2D eigenvalue weighted by molar-refractivity contribution is 6.17. The number of hydrogen-bond acceptors (Lipinski definition) is 2. The molecule has 2 heterocycles. The van der Waals surface area contributed by atoms with Crippen molar-refractivity contribution in [1.29, 1.82) is 0 Å². The molecule has 1 aromatic heterocycles. The van der Waals surface area contributed by atoms with Crippen LogP contribution in [-0.2, 0) is 5.88 Å². The molecule has 1 saturated heterocycles. The van der Waals surface area contributed by atoms with E-state index in [1.54, 1.807) is 0 Å². The Labute approximate surface area is 134 Å². The second-order valence-corrected chi connectivity index (χ2v) is 6.89. The minimum atomic E-state index is 0.451. The molecule has 0 saturated carbocycles. The van der Waals surface area contributed by atoms with Crippen LogP contribution in [0.4, 0.5) is 5.82 Å². The molecule has 118 valence electrons. The van der Waals surface area contributed by atoms with Crippen molar-refractivity contribution in [3.63, 3.8) is 0 Å². The Morgan fingerprint density at radius 3 is 2.76 bits per heavy atom. The number of nitrogens with zero attached hydrogens (tertiary/aromatic N) is 2. The van der Waals surface area contributed by atoms with E-state index in [0.717, 1.165) is 30.5 Å². The van der Waals surface area contributed by atoms with Crippen molar-refractivity contribution in [3.05, 3.63) is 23.4 Å². The smallest absolute Gasteiger partial charge is 0.129 e. The highest BCUT2D eigenvalue weighted by Gasteiger charge is 2.18. The predicted octanol–water partition coefficient (Wildman–Crippen LogP) is 5.35. The molecule has 0 spiro atoms. The van der Waals surface area contributed by atoms with Crippen molar-refractivity contribution >= 4 is 17.4 Å². The van der Waals surface area contributed by atoms with Gasteiger partial charge in [-0.05, 0) is 48.8 Å². The summed E-state index contributed by atoms with van der Waals surface area (Å²) in [4.78, 5) is 7.35. The molecule has 3 heteroatoms. The van der Waals surface area contributed by atoms with E-state index < -0.39 is 0 Å². The first kappa shape index (κ1) is 16.6. The molecule has 1 fully saturated rings. The van der Waals surface area contributed by atoms with Crippen molar-refractivity contribution in [1.82, 2.24) is 4.98 Å². The van der Waals surface area contributed by atoms with Gasteiger partial charge in [0, 0.05) is 24.7 Å². The van der Waals surface area contributed by atoms with Crippen LogP contribution < -0.4 is 4.90 Å². The van der Waals surface area contributed by atoms with Gasteiger partial charge in [-0.25, -0.2) is 4.98 Å². The summed E-state index contributed by atoms with van der Waals surface area (Å²) in [6.07, 6.45) is 6.64. The summed E-state index contributed by atoms with van der Waals surface area (Å²) in [5.41, 5.74) is 2.36. The highest BCUT2D eigenvalue weighted by atomic mass is 35.5. The zero-order valence-corrected chi connectivity index (χ0v) is 14.5. The van der Waals surface area contributed by atoms with Crippen LogP contribution in [0.15, 0.2) is 12.1 Å². The van der Waals surface area contributed by atoms with Crippen molar-refractivity contribution in [3.8, 4) is 0 Å². The number of alkyl halides is 1. The number of anilines is 1. The Morgan fingerprint density at radius 2 is 2.10 bits per heavy atom. The van der Waals surface area contributed by atoms with Crippen molar-refractivity contribution in [2.75, 3.05) is 18.0 Å². The fourth-order valence-electron chi connectivity index (χ4n) is 3.22. The molecule has 0 bridgehead atoms. The van der Waals surface area contributed by atoms with Crippen LogP contribution in [0.1, 0.15) is 70.1 Å². The maximum atomic E-state index is 6.06. The van der Waals surface area contributed by atoms with E-state index in [4.69, 9.17) is 16.6 Å². The molecule has 21 heavy (non-hydrogen) atoms. The average Bonchev–Trinajstić information content (AvgIpc) is 2.73. The largest absolute Gasteiger partial charge is 0.357 e. The molecule has 1 aromatic rings. The predicted molar refractivity (Wildman–Crippen MR) is 92.3 cm³/mol. The summed E-state index contributed by atoms with van der Waals surface area (Å²) in [6, 6.07) is 4.33. The molecule has 1 atom stereocenters. The van der Waals surface area contributed by atoms with Gasteiger partial charge in [-0.2, -0.15) is 0 Å². The molecule has 0 N–H and O–H groups in total. The zero-order chi connectivity index (χ0) is 15.2. The third kappa shape index (κ3) is 4.60. The van der Waals surface area contributed by atoms with Gasteiger partial charge >= 0.3 is 0 Å². The van der Waals surface area contributed by atoms with E-state index in [-0.39, 0.29) is 0 Å². The highest BCUT2D eigenvalue weighted by Crippen LogP contribution is 2.27. The van der Waals surface area contributed by atoms with Crippen molar-refractivity contribution in [2.45, 2.75) is 64.7 Å². The first-order chi connectivity index (χ1) is 10.1. The second-order valence-electron chi connectivity index (χ2n) is 6.62. The van der Waals surface area contributed by atoms with Gasteiger partial charge in [-0.1, -0.05) is 33.6 Å². The molecule has 0 amide bonds. The molecule has 0 aliphatic carbocycles.